The summed E-state index contributed by atoms with van der Waals surface area (Å²) in [5.41, 5.74) is 2.19. The summed E-state index contributed by atoms with van der Waals surface area (Å²) in [6, 6.07) is 10.3. The van der Waals surface area contributed by atoms with Gasteiger partial charge in [0.1, 0.15) is 5.82 Å². The fraction of sp³-hybridized carbons (Fsp3) is 0.400. The number of benzene rings is 1. The Morgan fingerprint density at radius 3 is 2.95 bits per heavy atom. The first kappa shape index (κ1) is 14.1. The van der Waals surface area contributed by atoms with Crippen molar-refractivity contribution < 1.29 is 4.74 Å². The minimum absolute atomic E-state index is 0.554. The molecule has 0 aliphatic rings. The molecule has 1 heterocycles. The standard InChI is InChI=1S/C15H19ClN2O/c1-12-11-13-5-2-3-6-14(13)18-15(12)17-8-4-9-19-10-7-16/h2-3,5-6,11H,4,7-10H2,1H3,(H,17,18). The molecule has 0 aliphatic carbocycles. The molecular formula is C15H19ClN2O. The van der Waals surface area contributed by atoms with E-state index >= 15 is 0 Å². The number of para-hydroxylation sites is 1. The number of fused-ring (bicyclic) bond motifs is 1. The molecule has 0 bridgehead atoms. The van der Waals surface area contributed by atoms with Crippen LogP contribution in [0.15, 0.2) is 30.3 Å². The maximum Gasteiger partial charge on any atom is 0.129 e. The number of nitrogens with one attached hydrogen (secondary N) is 1. The van der Waals surface area contributed by atoms with E-state index in [1.807, 2.05) is 18.2 Å². The molecule has 0 atom stereocenters. The quantitative estimate of drug-likeness (QED) is 0.621. The van der Waals surface area contributed by atoms with E-state index in [0.717, 1.165) is 30.9 Å². The molecule has 4 heteroatoms. The summed E-state index contributed by atoms with van der Waals surface area (Å²) in [6.45, 7) is 4.28. The van der Waals surface area contributed by atoms with Crippen LogP contribution in [0.25, 0.3) is 10.9 Å². The number of hydrogen-bond acceptors (Lipinski definition) is 3. The van der Waals surface area contributed by atoms with Crippen molar-refractivity contribution in [3.05, 3.63) is 35.9 Å². The van der Waals surface area contributed by atoms with E-state index in [1.54, 1.807) is 0 Å². The van der Waals surface area contributed by atoms with Gasteiger partial charge < -0.3 is 10.1 Å². The van der Waals surface area contributed by atoms with Crippen molar-refractivity contribution in [2.45, 2.75) is 13.3 Å². The zero-order valence-corrected chi connectivity index (χ0v) is 11.9. The van der Waals surface area contributed by atoms with Crippen molar-refractivity contribution in [3.8, 4) is 0 Å². The highest BCUT2D eigenvalue weighted by atomic mass is 35.5. The SMILES string of the molecule is Cc1cc2ccccc2nc1NCCCOCCCl. The summed E-state index contributed by atoms with van der Waals surface area (Å²) in [6.07, 6.45) is 0.949. The van der Waals surface area contributed by atoms with E-state index in [0.29, 0.717) is 12.5 Å². The van der Waals surface area contributed by atoms with Crippen LogP contribution >= 0.6 is 11.6 Å². The van der Waals surface area contributed by atoms with Crippen molar-refractivity contribution in [1.29, 1.82) is 0 Å². The molecular weight excluding hydrogens is 260 g/mol. The van der Waals surface area contributed by atoms with E-state index < -0.39 is 0 Å². The zero-order chi connectivity index (χ0) is 13.5. The van der Waals surface area contributed by atoms with E-state index in [2.05, 4.69) is 29.4 Å². The lowest BCUT2D eigenvalue weighted by Crippen LogP contribution is -2.08. The molecule has 0 saturated heterocycles. The summed E-state index contributed by atoms with van der Waals surface area (Å²) in [5.74, 6) is 1.51. The highest BCUT2D eigenvalue weighted by Gasteiger charge is 2.02. The molecule has 0 unspecified atom stereocenters. The van der Waals surface area contributed by atoms with Crippen LogP contribution in [0, 0.1) is 6.92 Å². The second-order valence-corrected chi connectivity index (χ2v) is 4.81. The van der Waals surface area contributed by atoms with E-state index in [-0.39, 0.29) is 0 Å². The Bertz CT molecular complexity index is 531. The van der Waals surface area contributed by atoms with Crippen LogP contribution < -0.4 is 5.32 Å². The predicted octanol–water partition coefficient (Wildman–Crippen LogP) is 3.60. The van der Waals surface area contributed by atoms with Crippen LogP contribution in [0.3, 0.4) is 0 Å². The fourth-order valence-corrected chi connectivity index (χ4v) is 2.05. The largest absolute Gasteiger partial charge is 0.380 e. The molecule has 1 N–H and O–H groups in total. The normalized spacial score (nSPS) is 10.8. The van der Waals surface area contributed by atoms with Crippen LogP contribution in [0.2, 0.25) is 0 Å². The van der Waals surface area contributed by atoms with Crippen LogP contribution in [0.4, 0.5) is 5.82 Å². The maximum absolute atomic E-state index is 5.54. The van der Waals surface area contributed by atoms with Gasteiger partial charge in [-0.25, -0.2) is 4.98 Å². The minimum atomic E-state index is 0.554. The van der Waals surface area contributed by atoms with Gasteiger partial charge in [0.05, 0.1) is 12.1 Å². The van der Waals surface area contributed by atoms with Crippen LogP contribution in [0.1, 0.15) is 12.0 Å². The van der Waals surface area contributed by atoms with Crippen molar-refractivity contribution >= 4 is 28.3 Å². The minimum Gasteiger partial charge on any atom is -0.380 e. The van der Waals surface area contributed by atoms with Gasteiger partial charge in [-0.1, -0.05) is 18.2 Å². The van der Waals surface area contributed by atoms with Crippen molar-refractivity contribution in [3.63, 3.8) is 0 Å². The number of alkyl halides is 1. The number of ether oxygens (including phenoxy) is 1. The second-order valence-electron chi connectivity index (χ2n) is 4.43. The number of nitrogens with zero attached hydrogens (tertiary/aromatic N) is 1. The molecule has 2 aromatic rings. The number of rotatable bonds is 7. The Labute approximate surface area is 118 Å². The van der Waals surface area contributed by atoms with Crippen molar-refractivity contribution in [1.82, 2.24) is 4.98 Å². The molecule has 3 nitrogen and oxygen atoms in total. The van der Waals surface area contributed by atoms with Crippen molar-refractivity contribution in [2.75, 3.05) is 31.0 Å². The van der Waals surface area contributed by atoms with E-state index in [9.17, 15) is 0 Å². The summed E-state index contributed by atoms with van der Waals surface area (Å²) in [7, 11) is 0. The molecule has 19 heavy (non-hydrogen) atoms. The molecule has 1 aromatic carbocycles. The van der Waals surface area contributed by atoms with E-state index in [4.69, 9.17) is 16.3 Å². The molecule has 1 aromatic heterocycles. The summed E-state index contributed by atoms with van der Waals surface area (Å²) in [5, 5.41) is 4.53. The molecule has 0 fully saturated rings. The molecule has 0 saturated carbocycles. The molecule has 0 amide bonds. The van der Waals surface area contributed by atoms with Gasteiger partial charge in [-0.15, -0.1) is 11.6 Å². The Hall–Kier alpha value is -1.32. The van der Waals surface area contributed by atoms with E-state index in [1.165, 1.54) is 10.9 Å². The van der Waals surface area contributed by atoms with Gasteiger partial charge in [-0.05, 0) is 31.0 Å². The van der Waals surface area contributed by atoms with Gasteiger partial charge in [0.15, 0.2) is 0 Å². The third kappa shape index (κ3) is 4.08. The van der Waals surface area contributed by atoms with Gasteiger partial charge in [0.2, 0.25) is 0 Å². The van der Waals surface area contributed by atoms with Crippen LogP contribution in [-0.2, 0) is 4.74 Å². The Kier molecular flexibility index (Phi) is 5.43. The lowest BCUT2D eigenvalue weighted by molar-refractivity contribution is 0.149. The third-order valence-electron chi connectivity index (χ3n) is 2.89. The first-order valence-corrected chi connectivity index (χ1v) is 7.08. The average molecular weight is 279 g/mol. The lowest BCUT2D eigenvalue weighted by atomic mass is 10.1. The average Bonchev–Trinajstić information content (AvgIpc) is 2.43. The van der Waals surface area contributed by atoms with Crippen molar-refractivity contribution in [2.24, 2.45) is 0 Å². The number of pyridine rings is 1. The number of halogens is 1. The van der Waals surface area contributed by atoms with Gasteiger partial charge >= 0.3 is 0 Å². The number of hydrogen-bond donors (Lipinski definition) is 1. The second kappa shape index (κ2) is 7.31. The smallest absolute Gasteiger partial charge is 0.129 e. The van der Waals surface area contributed by atoms with Gasteiger partial charge in [0, 0.05) is 24.4 Å². The topological polar surface area (TPSA) is 34.2 Å². The summed E-state index contributed by atoms with van der Waals surface area (Å²) < 4.78 is 5.33. The van der Waals surface area contributed by atoms with Gasteiger partial charge in [0.25, 0.3) is 0 Å². The maximum atomic E-state index is 5.54. The molecule has 102 valence electrons. The lowest BCUT2D eigenvalue weighted by Gasteiger charge is -2.10. The monoisotopic (exact) mass is 278 g/mol. The van der Waals surface area contributed by atoms with Gasteiger partial charge in [-0.3, -0.25) is 0 Å². The summed E-state index contributed by atoms with van der Waals surface area (Å²) >= 11 is 5.54. The number of aromatic nitrogens is 1. The molecule has 0 spiro atoms. The molecule has 0 aliphatic heterocycles. The highest BCUT2D eigenvalue weighted by Crippen LogP contribution is 2.19. The van der Waals surface area contributed by atoms with Gasteiger partial charge in [-0.2, -0.15) is 0 Å². The first-order chi connectivity index (χ1) is 9.31. The Morgan fingerprint density at radius 2 is 2.11 bits per heavy atom. The third-order valence-corrected chi connectivity index (χ3v) is 3.05. The fourth-order valence-electron chi connectivity index (χ4n) is 1.94. The van der Waals surface area contributed by atoms with Crippen LogP contribution in [-0.4, -0.2) is 30.6 Å². The number of anilines is 1. The molecule has 0 radical (unpaired) electrons. The first-order valence-electron chi connectivity index (χ1n) is 6.55. The number of aryl methyl sites for hydroxylation is 1. The Morgan fingerprint density at radius 1 is 1.26 bits per heavy atom. The zero-order valence-electron chi connectivity index (χ0n) is 11.2. The van der Waals surface area contributed by atoms with Crippen LogP contribution in [0.5, 0.6) is 0 Å². The molecule has 2 rings (SSSR count). The Balaban J connectivity index is 1.91. The highest BCUT2D eigenvalue weighted by molar-refractivity contribution is 6.17. The predicted molar refractivity (Wildman–Crippen MR) is 81.1 cm³/mol. The summed E-state index contributed by atoms with van der Waals surface area (Å²) in [4.78, 5) is 4.64.